The predicted molar refractivity (Wildman–Crippen MR) is 82.3 cm³/mol. The van der Waals surface area contributed by atoms with E-state index < -0.39 is 5.97 Å². The standard InChI is InChI=1S/C17H14N2O2/c1-11-10-15(14-4-2-3-5-16(14)19-11)17(20)21-13-8-6-12(18)7-9-13/h2-10H,18H2,1H3. The van der Waals surface area contributed by atoms with Crippen molar-refractivity contribution in [1.29, 1.82) is 0 Å². The van der Waals surface area contributed by atoms with E-state index in [-0.39, 0.29) is 0 Å². The molecule has 0 amide bonds. The molecule has 0 spiro atoms. The van der Waals surface area contributed by atoms with Gasteiger partial charge in [-0.05, 0) is 43.3 Å². The van der Waals surface area contributed by atoms with Crippen molar-refractivity contribution in [3.63, 3.8) is 0 Å². The van der Waals surface area contributed by atoms with Gasteiger partial charge < -0.3 is 10.5 Å². The Morgan fingerprint density at radius 3 is 2.57 bits per heavy atom. The zero-order valence-corrected chi connectivity index (χ0v) is 11.5. The number of fused-ring (bicyclic) bond motifs is 1. The lowest BCUT2D eigenvalue weighted by atomic mass is 10.1. The van der Waals surface area contributed by atoms with E-state index >= 15 is 0 Å². The third kappa shape index (κ3) is 2.69. The Kier molecular flexibility index (Phi) is 3.28. The van der Waals surface area contributed by atoms with E-state index in [9.17, 15) is 4.79 Å². The Balaban J connectivity index is 1.99. The predicted octanol–water partition coefficient (Wildman–Crippen LogP) is 3.34. The molecule has 0 aliphatic rings. The molecule has 0 saturated heterocycles. The third-order valence-corrected chi connectivity index (χ3v) is 3.15. The number of nitrogen functional groups attached to an aromatic ring is 1. The summed E-state index contributed by atoms with van der Waals surface area (Å²) < 4.78 is 5.40. The smallest absolute Gasteiger partial charge is 0.344 e. The topological polar surface area (TPSA) is 65.2 Å². The molecule has 0 atom stereocenters. The summed E-state index contributed by atoms with van der Waals surface area (Å²) in [4.78, 5) is 16.8. The highest BCUT2D eigenvalue weighted by molar-refractivity contribution is 6.04. The van der Waals surface area contributed by atoms with Crippen LogP contribution in [0.5, 0.6) is 5.75 Å². The highest BCUT2D eigenvalue weighted by Gasteiger charge is 2.14. The lowest BCUT2D eigenvalue weighted by molar-refractivity contribution is 0.0736. The summed E-state index contributed by atoms with van der Waals surface area (Å²) in [5.41, 5.74) is 8.30. The Hall–Kier alpha value is -2.88. The number of esters is 1. The van der Waals surface area contributed by atoms with Gasteiger partial charge in [-0.2, -0.15) is 0 Å². The summed E-state index contributed by atoms with van der Waals surface area (Å²) >= 11 is 0. The molecular formula is C17H14N2O2. The minimum Gasteiger partial charge on any atom is -0.423 e. The summed E-state index contributed by atoms with van der Waals surface area (Å²) in [6.45, 7) is 1.85. The van der Waals surface area contributed by atoms with Crippen LogP contribution >= 0.6 is 0 Å². The molecule has 2 aromatic carbocycles. The number of rotatable bonds is 2. The molecule has 0 aliphatic heterocycles. The van der Waals surface area contributed by atoms with Crippen molar-refractivity contribution in [2.24, 2.45) is 0 Å². The average Bonchev–Trinajstić information content (AvgIpc) is 2.48. The van der Waals surface area contributed by atoms with Crippen molar-refractivity contribution in [2.75, 3.05) is 5.73 Å². The van der Waals surface area contributed by atoms with Gasteiger partial charge in [0, 0.05) is 16.8 Å². The Morgan fingerprint density at radius 2 is 1.81 bits per heavy atom. The van der Waals surface area contributed by atoms with Crippen LogP contribution in [-0.4, -0.2) is 11.0 Å². The molecule has 0 fully saturated rings. The summed E-state index contributed by atoms with van der Waals surface area (Å²) in [6.07, 6.45) is 0. The summed E-state index contributed by atoms with van der Waals surface area (Å²) in [5.74, 6) is 0.0641. The largest absolute Gasteiger partial charge is 0.423 e. The number of hydrogen-bond acceptors (Lipinski definition) is 4. The average molecular weight is 278 g/mol. The molecule has 4 heteroatoms. The molecule has 4 nitrogen and oxygen atoms in total. The molecule has 1 heterocycles. The van der Waals surface area contributed by atoms with E-state index in [4.69, 9.17) is 10.5 Å². The summed E-state index contributed by atoms with van der Waals surface area (Å²) in [7, 11) is 0. The minimum absolute atomic E-state index is 0.401. The third-order valence-electron chi connectivity index (χ3n) is 3.15. The van der Waals surface area contributed by atoms with Crippen molar-refractivity contribution in [1.82, 2.24) is 4.98 Å². The van der Waals surface area contributed by atoms with Crippen LogP contribution in [-0.2, 0) is 0 Å². The molecule has 0 aliphatic carbocycles. The second kappa shape index (κ2) is 5.25. The monoisotopic (exact) mass is 278 g/mol. The second-order valence-electron chi connectivity index (χ2n) is 4.79. The maximum absolute atomic E-state index is 12.4. The first-order chi connectivity index (χ1) is 10.1. The van der Waals surface area contributed by atoms with Gasteiger partial charge in [-0.25, -0.2) is 4.79 Å². The van der Waals surface area contributed by atoms with Gasteiger partial charge in [-0.15, -0.1) is 0 Å². The maximum atomic E-state index is 12.4. The zero-order chi connectivity index (χ0) is 14.8. The van der Waals surface area contributed by atoms with Gasteiger partial charge in [0.25, 0.3) is 0 Å². The highest BCUT2D eigenvalue weighted by atomic mass is 16.5. The maximum Gasteiger partial charge on any atom is 0.344 e. The number of aryl methyl sites for hydroxylation is 1. The van der Waals surface area contributed by atoms with E-state index in [0.29, 0.717) is 17.0 Å². The number of pyridine rings is 1. The van der Waals surface area contributed by atoms with Crippen LogP contribution in [0.4, 0.5) is 5.69 Å². The van der Waals surface area contributed by atoms with Gasteiger partial charge >= 0.3 is 5.97 Å². The van der Waals surface area contributed by atoms with Crippen LogP contribution in [0.1, 0.15) is 16.1 Å². The molecular weight excluding hydrogens is 264 g/mol. The van der Waals surface area contributed by atoms with Gasteiger partial charge in [0.05, 0.1) is 11.1 Å². The SMILES string of the molecule is Cc1cc(C(=O)Oc2ccc(N)cc2)c2ccccc2n1. The highest BCUT2D eigenvalue weighted by Crippen LogP contribution is 2.21. The van der Waals surface area contributed by atoms with Crippen LogP contribution in [0, 0.1) is 6.92 Å². The van der Waals surface area contributed by atoms with E-state index in [1.807, 2.05) is 31.2 Å². The number of para-hydroxylation sites is 1. The van der Waals surface area contributed by atoms with Crippen molar-refractivity contribution in [2.45, 2.75) is 6.92 Å². The number of hydrogen-bond donors (Lipinski definition) is 1. The first-order valence-corrected chi connectivity index (χ1v) is 6.57. The van der Waals surface area contributed by atoms with E-state index in [2.05, 4.69) is 4.98 Å². The second-order valence-corrected chi connectivity index (χ2v) is 4.79. The Labute approximate surface area is 122 Å². The van der Waals surface area contributed by atoms with Crippen molar-refractivity contribution in [3.05, 3.63) is 65.9 Å². The molecule has 1 aromatic heterocycles. The van der Waals surface area contributed by atoms with Crippen LogP contribution in [0.2, 0.25) is 0 Å². The Morgan fingerprint density at radius 1 is 1.10 bits per heavy atom. The number of carbonyl (C=O) groups is 1. The normalized spacial score (nSPS) is 10.5. The molecule has 0 radical (unpaired) electrons. The van der Waals surface area contributed by atoms with Gasteiger partial charge in [0.1, 0.15) is 5.75 Å². The van der Waals surface area contributed by atoms with Crippen LogP contribution in [0.3, 0.4) is 0 Å². The first-order valence-electron chi connectivity index (χ1n) is 6.57. The molecule has 0 saturated carbocycles. The molecule has 3 aromatic rings. The molecule has 2 N–H and O–H groups in total. The molecule has 104 valence electrons. The zero-order valence-electron chi connectivity index (χ0n) is 11.5. The fourth-order valence-corrected chi connectivity index (χ4v) is 2.17. The minimum atomic E-state index is -0.401. The van der Waals surface area contributed by atoms with E-state index in [0.717, 1.165) is 16.6 Å². The van der Waals surface area contributed by atoms with Crippen LogP contribution in [0.15, 0.2) is 54.6 Å². The summed E-state index contributed by atoms with van der Waals surface area (Å²) in [5, 5.41) is 0.781. The lowest BCUT2D eigenvalue weighted by Crippen LogP contribution is -2.10. The Bertz CT molecular complexity index is 811. The quantitative estimate of drug-likeness (QED) is 0.443. The number of anilines is 1. The number of nitrogens with two attached hydrogens (primary N) is 1. The van der Waals surface area contributed by atoms with Crippen molar-refractivity contribution >= 4 is 22.6 Å². The van der Waals surface area contributed by atoms with Gasteiger partial charge in [-0.3, -0.25) is 4.98 Å². The molecule has 0 unspecified atom stereocenters. The van der Waals surface area contributed by atoms with Gasteiger partial charge in [-0.1, -0.05) is 18.2 Å². The molecule has 3 rings (SSSR count). The van der Waals surface area contributed by atoms with Crippen molar-refractivity contribution in [3.8, 4) is 5.75 Å². The van der Waals surface area contributed by atoms with Crippen LogP contribution < -0.4 is 10.5 Å². The summed E-state index contributed by atoms with van der Waals surface area (Å²) in [6, 6.07) is 16.0. The van der Waals surface area contributed by atoms with E-state index in [1.54, 1.807) is 30.3 Å². The number of nitrogens with zero attached hydrogens (tertiary/aromatic N) is 1. The van der Waals surface area contributed by atoms with Crippen LogP contribution in [0.25, 0.3) is 10.9 Å². The van der Waals surface area contributed by atoms with Gasteiger partial charge in [0.15, 0.2) is 0 Å². The van der Waals surface area contributed by atoms with Gasteiger partial charge in [0.2, 0.25) is 0 Å². The number of carbonyl (C=O) groups excluding carboxylic acids is 1. The van der Waals surface area contributed by atoms with E-state index in [1.165, 1.54) is 0 Å². The molecule has 21 heavy (non-hydrogen) atoms. The number of ether oxygens (including phenoxy) is 1. The molecule has 0 bridgehead atoms. The van der Waals surface area contributed by atoms with Crippen molar-refractivity contribution < 1.29 is 9.53 Å². The number of benzene rings is 2. The fraction of sp³-hybridized carbons (Fsp3) is 0.0588. The fourth-order valence-electron chi connectivity index (χ4n) is 2.17. The number of aromatic nitrogens is 1. The first kappa shape index (κ1) is 13.1. The lowest BCUT2D eigenvalue weighted by Gasteiger charge is -2.08.